The number of hydrogen-bond acceptors (Lipinski definition) is 1. The predicted molar refractivity (Wildman–Crippen MR) is 99.3 cm³/mol. The van der Waals surface area contributed by atoms with E-state index in [0.717, 1.165) is 41.2 Å². The third-order valence-corrected chi connectivity index (χ3v) is 4.57. The van der Waals surface area contributed by atoms with Crippen molar-refractivity contribution in [3.05, 3.63) is 58.3 Å². The van der Waals surface area contributed by atoms with E-state index >= 15 is 0 Å². The van der Waals surface area contributed by atoms with Gasteiger partial charge in [-0.25, -0.2) is 0 Å². The Labute approximate surface area is 137 Å². The molecule has 0 fully saturated rings. The second kappa shape index (κ2) is 5.84. The maximum atomic E-state index is 12.9. The van der Waals surface area contributed by atoms with E-state index in [1.165, 1.54) is 5.56 Å². The van der Waals surface area contributed by atoms with Crippen molar-refractivity contribution in [3.8, 4) is 0 Å². The Kier molecular flexibility index (Phi) is 4.01. The molecule has 1 heterocycles. The molecule has 0 N–H and O–H groups in total. The molecule has 2 aromatic carbocycles. The van der Waals surface area contributed by atoms with Crippen LogP contribution in [0.5, 0.6) is 0 Å². The standard InChI is InChI=1S/C21H25NO/c1-5-6-13-22-18-10-8-7-9-16(18)20(23)17-12-11-15(14-19(17)22)21(2,3)4/h7-12,14H,5-6,13H2,1-4H3. The Bertz CT molecular complexity index is 913. The van der Waals surface area contributed by atoms with Crippen molar-refractivity contribution in [1.82, 2.24) is 4.57 Å². The van der Waals surface area contributed by atoms with Gasteiger partial charge in [-0.1, -0.05) is 52.3 Å². The third-order valence-electron chi connectivity index (χ3n) is 4.57. The summed E-state index contributed by atoms with van der Waals surface area (Å²) in [5.74, 6) is 0. The summed E-state index contributed by atoms with van der Waals surface area (Å²) in [6.45, 7) is 9.78. The van der Waals surface area contributed by atoms with Gasteiger partial charge in [-0.05, 0) is 41.7 Å². The zero-order chi connectivity index (χ0) is 16.6. The first-order valence-corrected chi connectivity index (χ1v) is 8.49. The van der Waals surface area contributed by atoms with Crippen LogP contribution < -0.4 is 5.43 Å². The predicted octanol–water partition coefficient (Wildman–Crippen LogP) is 5.25. The molecule has 0 aliphatic heterocycles. The van der Waals surface area contributed by atoms with Crippen LogP contribution in [0.2, 0.25) is 0 Å². The summed E-state index contributed by atoms with van der Waals surface area (Å²) < 4.78 is 2.32. The molecule has 0 bridgehead atoms. The molecule has 3 aromatic rings. The van der Waals surface area contributed by atoms with Crippen LogP contribution in [0.3, 0.4) is 0 Å². The Morgan fingerprint density at radius 3 is 2.35 bits per heavy atom. The van der Waals surface area contributed by atoms with E-state index in [0.29, 0.717) is 0 Å². The smallest absolute Gasteiger partial charge is 0.197 e. The first-order chi connectivity index (χ1) is 10.9. The van der Waals surface area contributed by atoms with Gasteiger partial charge in [0.2, 0.25) is 0 Å². The summed E-state index contributed by atoms with van der Waals surface area (Å²) in [4.78, 5) is 12.9. The van der Waals surface area contributed by atoms with Crippen LogP contribution in [0.4, 0.5) is 0 Å². The average molecular weight is 307 g/mol. The minimum Gasteiger partial charge on any atom is -0.340 e. The quantitative estimate of drug-likeness (QED) is 0.606. The first-order valence-electron chi connectivity index (χ1n) is 8.49. The molecule has 3 rings (SSSR count). The van der Waals surface area contributed by atoms with Crippen molar-refractivity contribution in [2.24, 2.45) is 0 Å². The van der Waals surface area contributed by atoms with E-state index in [2.05, 4.69) is 50.5 Å². The lowest BCUT2D eigenvalue weighted by Crippen LogP contribution is -2.15. The van der Waals surface area contributed by atoms with Gasteiger partial charge in [-0.15, -0.1) is 0 Å². The molecule has 0 saturated carbocycles. The largest absolute Gasteiger partial charge is 0.340 e. The number of pyridine rings is 1. The molecule has 1 aromatic heterocycles. The number of aromatic nitrogens is 1. The van der Waals surface area contributed by atoms with Crippen LogP contribution in [0.1, 0.15) is 46.1 Å². The monoisotopic (exact) mass is 307 g/mol. The fourth-order valence-electron chi connectivity index (χ4n) is 3.15. The molecule has 2 heteroatoms. The Morgan fingerprint density at radius 2 is 1.65 bits per heavy atom. The Hall–Kier alpha value is -2.09. The number of benzene rings is 2. The van der Waals surface area contributed by atoms with Crippen molar-refractivity contribution in [3.63, 3.8) is 0 Å². The Balaban J connectivity index is 2.42. The molecule has 0 atom stereocenters. The summed E-state index contributed by atoms with van der Waals surface area (Å²) >= 11 is 0. The molecule has 0 unspecified atom stereocenters. The molecular weight excluding hydrogens is 282 g/mol. The van der Waals surface area contributed by atoms with E-state index in [4.69, 9.17) is 0 Å². The maximum absolute atomic E-state index is 12.9. The number of fused-ring (bicyclic) bond motifs is 2. The molecular formula is C21H25NO. The van der Waals surface area contributed by atoms with Gasteiger partial charge in [0.1, 0.15) is 0 Å². The second-order valence-electron chi connectivity index (χ2n) is 7.33. The summed E-state index contributed by atoms with van der Waals surface area (Å²) in [5.41, 5.74) is 3.60. The van der Waals surface area contributed by atoms with Crippen molar-refractivity contribution < 1.29 is 0 Å². The minimum absolute atomic E-state index is 0.0749. The molecule has 0 amide bonds. The molecule has 0 radical (unpaired) electrons. The number of aryl methyl sites for hydroxylation is 1. The highest BCUT2D eigenvalue weighted by Crippen LogP contribution is 2.27. The topological polar surface area (TPSA) is 22.0 Å². The third kappa shape index (κ3) is 2.78. The SMILES string of the molecule is CCCCn1c2ccccc2c(=O)c2ccc(C(C)(C)C)cc21. The van der Waals surface area contributed by atoms with E-state index in [1.54, 1.807) is 0 Å². The van der Waals surface area contributed by atoms with Gasteiger partial charge in [0, 0.05) is 17.3 Å². The van der Waals surface area contributed by atoms with Gasteiger partial charge in [0.25, 0.3) is 0 Å². The van der Waals surface area contributed by atoms with E-state index < -0.39 is 0 Å². The van der Waals surface area contributed by atoms with Gasteiger partial charge >= 0.3 is 0 Å². The fourth-order valence-corrected chi connectivity index (χ4v) is 3.15. The molecule has 23 heavy (non-hydrogen) atoms. The van der Waals surface area contributed by atoms with Gasteiger partial charge in [-0.3, -0.25) is 4.79 Å². The van der Waals surface area contributed by atoms with E-state index in [9.17, 15) is 4.79 Å². The van der Waals surface area contributed by atoms with Crippen LogP contribution in [-0.4, -0.2) is 4.57 Å². The summed E-state index contributed by atoms with van der Waals surface area (Å²) in [6, 6.07) is 14.3. The van der Waals surface area contributed by atoms with Gasteiger partial charge in [0.05, 0.1) is 11.0 Å². The first kappa shape index (κ1) is 15.8. The van der Waals surface area contributed by atoms with E-state index in [-0.39, 0.29) is 10.8 Å². The summed E-state index contributed by atoms with van der Waals surface area (Å²) in [6.07, 6.45) is 2.25. The summed E-state index contributed by atoms with van der Waals surface area (Å²) in [7, 11) is 0. The van der Waals surface area contributed by atoms with Crippen LogP contribution in [0.25, 0.3) is 21.8 Å². The number of para-hydroxylation sites is 1. The van der Waals surface area contributed by atoms with Crippen molar-refractivity contribution in [2.45, 2.75) is 52.5 Å². The molecule has 0 saturated heterocycles. The van der Waals surface area contributed by atoms with Gasteiger partial charge < -0.3 is 4.57 Å². The highest BCUT2D eigenvalue weighted by molar-refractivity contribution is 5.93. The van der Waals surface area contributed by atoms with Crippen LogP contribution in [-0.2, 0) is 12.0 Å². The highest BCUT2D eigenvalue weighted by atomic mass is 16.1. The molecule has 2 nitrogen and oxygen atoms in total. The lowest BCUT2D eigenvalue weighted by atomic mass is 9.86. The number of rotatable bonds is 3. The average Bonchev–Trinajstić information content (AvgIpc) is 2.53. The van der Waals surface area contributed by atoms with Gasteiger partial charge in [0.15, 0.2) is 5.43 Å². The fraction of sp³-hybridized carbons (Fsp3) is 0.381. The molecule has 0 aliphatic carbocycles. The second-order valence-corrected chi connectivity index (χ2v) is 7.33. The lowest BCUT2D eigenvalue weighted by molar-refractivity contribution is 0.590. The zero-order valence-electron chi connectivity index (χ0n) is 14.5. The lowest BCUT2D eigenvalue weighted by Gasteiger charge is -2.21. The molecule has 0 spiro atoms. The molecule has 120 valence electrons. The number of hydrogen-bond donors (Lipinski definition) is 0. The van der Waals surface area contributed by atoms with Gasteiger partial charge in [-0.2, -0.15) is 0 Å². The minimum atomic E-state index is 0.0749. The maximum Gasteiger partial charge on any atom is 0.197 e. The Morgan fingerprint density at radius 1 is 0.957 bits per heavy atom. The normalized spacial score (nSPS) is 12.2. The highest BCUT2D eigenvalue weighted by Gasteiger charge is 2.17. The molecule has 0 aliphatic rings. The van der Waals surface area contributed by atoms with Crippen LogP contribution >= 0.6 is 0 Å². The zero-order valence-corrected chi connectivity index (χ0v) is 14.5. The summed E-state index contributed by atoms with van der Waals surface area (Å²) in [5, 5.41) is 1.65. The van der Waals surface area contributed by atoms with Crippen molar-refractivity contribution in [1.29, 1.82) is 0 Å². The van der Waals surface area contributed by atoms with Crippen molar-refractivity contribution >= 4 is 21.8 Å². The van der Waals surface area contributed by atoms with Crippen LogP contribution in [0, 0.1) is 0 Å². The number of nitrogens with zero attached hydrogens (tertiary/aromatic N) is 1. The van der Waals surface area contributed by atoms with E-state index in [1.807, 2.05) is 24.3 Å². The van der Waals surface area contributed by atoms with Crippen molar-refractivity contribution in [2.75, 3.05) is 0 Å². The number of unbranched alkanes of at least 4 members (excludes halogenated alkanes) is 1. The van der Waals surface area contributed by atoms with Crippen LogP contribution in [0.15, 0.2) is 47.3 Å².